The second-order valence-corrected chi connectivity index (χ2v) is 9.15. The first-order chi connectivity index (χ1) is 14.2. The lowest BCUT2D eigenvalue weighted by Gasteiger charge is -2.28. The number of fused-ring (bicyclic) bond motifs is 1. The zero-order valence-corrected chi connectivity index (χ0v) is 18.2. The van der Waals surface area contributed by atoms with E-state index >= 15 is 0 Å². The average Bonchev–Trinajstić information content (AvgIpc) is 3.23. The Morgan fingerprint density at radius 1 is 0.966 bits per heavy atom. The van der Waals surface area contributed by atoms with Crippen LogP contribution in [0.25, 0.3) is 11.4 Å². The maximum atomic E-state index is 4.71. The molecule has 3 heterocycles. The number of hydrogen-bond donors (Lipinski definition) is 0. The Hall–Kier alpha value is -2.57. The summed E-state index contributed by atoms with van der Waals surface area (Å²) in [5.41, 5.74) is 5.15. The van der Waals surface area contributed by atoms with Gasteiger partial charge in [0.2, 0.25) is 0 Å². The number of rotatable bonds is 4. The number of thiazole rings is 1. The fraction of sp³-hybridized carbons (Fsp3) is 0.174. The van der Waals surface area contributed by atoms with Crippen molar-refractivity contribution in [1.29, 1.82) is 0 Å². The number of nitrogens with zero attached hydrogens (tertiary/aromatic N) is 4. The van der Waals surface area contributed by atoms with Gasteiger partial charge in [0, 0.05) is 53.0 Å². The molecule has 0 unspecified atom stereocenters. The van der Waals surface area contributed by atoms with Crippen LogP contribution in [0.2, 0.25) is 0 Å². The molecule has 5 rings (SSSR count). The minimum atomic E-state index is 0.760. The molecule has 0 N–H and O–H groups in total. The van der Waals surface area contributed by atoms with E-state index < -0.39 is 0 Å². The van der Waals surface area contributed by atoms with E-state index in [2.05, 4.69) is 73.3 Å². The van der Waals surface area contributed by atoms with Gasteiger partial charge in [0.15, 0.2) is 11.0 Å². The number of halogens is 1. The van der Waals surface area contributed by atoms with Crippen molar-refractivity contribution < 1.29 is 0 Å². The standard InChI is InChI=1S/C23H19BrN4S/c24-20-7-6-17-8-11-28(15-19(17)13-20)23-27-14-21(29-23)12-16-2-4-18(5-3-16)22-25-9-1-10-26-22/h1-7,9-10,13-14H,8,11-12,15H2. The second kappa shape index (κ2) is 8.05. The van der Waals surface area contributed by atoms with Gasteiger partial charge in [-0.2, -0.15) is 0 Å². The Morgan fingerprint density at radius 2 is 1.79 bits per heavy atom. The third-order valence-corrected chi connectivity index (χ3v) is 6.70. The van der Waals surface area contributed by atoms with Gasteiger partial charge in [0.25, 0.3) is 0 Å². The predicted octanol–water partition coefficient (Wildman–Crippen LogP) is 5.52. The van der Waals surface area contributed by atoms with Crippen LogP contribution >= 0.6 is 27.3 Å². The molecule has 144 valence electrons. The Balaban J connectivity index is 1.28. The van der Waals surface area contributed by atoms with Crippen molar-refractivity contribution in [3.8, 4) is 11.4 Å². The maximum Gasteiger partial charge on any atom is 0.185 e. The molecule has 0 atom stereocenters. The first kappa shape index (κ1) is 18.5. The van der Waals surface area contributed by atoms with Gasteiger partial charge in [-0.1, -0.05) is 46.3 Å². The van der Waals surface area contributed by atoms with Crippen LogP contribution in [-0.4, -0.2) is 21.5 Å². The van der Waals surface area contributed by atoms with Gasteiger partial charge in [-0.05, 0) is 41.3 Å². The molecule has 4 nitrogen and oxygen atoms in total. The van der Waals surface area contributed by atoms with E-state index in [1.165, 1.54) is 21.6 Å². The first-order valence-corrected chi connectivity index (χ1v) is 11.2. The van der Waals surface area contributed by atoms with Crippen molar-refractivity contribution in [2.75, 3.05) is 11.4 Å². The summed E-state index contributed by atoms with van der Waals surface area (Å²) < 4.78 is 1.14. The molecule has 0 saturated carbocycles. The molecular formula is C23H19BrN4S. The number of anilines is 1. The molecule has 2 aromatic carbocycles. The Bertz CT molecular complexity index is 1130. The molecule has 2 aromatic heterocycles. The largest absolute Gasteiger partial charge is 0.343 e. The Kier molecular flexibility index (Phi) is 5.12. The van der Waals surface area contributed by atoms with Gasteiger partial charge in [-0.25, -0.2) is 15.0 Å². The monoisotopic (exact) mass is 462 g/mol. The third kappa shape index (κ3) is 4.09. The second-order valence-electron chi connectivity index (χ2n) is 7.14. The van der Waals surface area contributed by atoms with Crippen LogP contribution in [0.1, 0.15) is 21.6 Å². The summed E-state index contributed by atoms with van der Waals surface area (Å²) in [6, 6.07) is 16.9. The normalized spacial score (nSPS) is 13.3. The summed E-state index contributed by atoms with van der Waals surface area (Å²) in [7, 11) is 0. The molecule has 0 bridgehead atoms. The summed E-state index contributed by atoms with van der Waals surface area (Å²) >= 11 is 5.38. The van der Waals surface area contributed by atoms with Crippen molar-refractivity contribution in [3.63, 3.8) is 0 Å². The van der Waals surface area contributed by atoms with E-state index in [0.717, 1.165) is 46.9 Å². The quantitative estimate of drug-likeness (QED) is 0.400. The lowest BCUT2D eigenvalue weighted by Crippen LogP contribution is -2.30. The van der Waals surface area contributed by atoms with Crippen molar-refractivity contribution >= 4 is 32.4 Å². The molecule has 0 radical (unpaired) electrons. The minimum absolute atomic E-state index is 0.760. The molecule has 0 spiro atoms. The zero-order valence-electron chi connectivity index (χ0n) is 15.8. The molecule has 1 aliphatic heterocycles. The van der Waals surface area contributed by atoms with Crippen LogP contribution < -0.4 is 4.90 Å². The fourth-order valence-electron chi connectivity index (χ4n) is 3.64. The van der Waals surface area contributed by atoms with Gasteiger partial charge in [-0.3, -0.25) is 0 Å². The summed E-state index contributed by atoms with van der Waals surface area (Å²) in [6.45, 7) is 1.95. The van der Waals surface area contributed by atoms with E-state index in [4.69, 9.17) is 4.98 Å². The van der Waals surface area contributed by atoms with E-state index in [-0.39, 0.29) is 0 Å². The van der Waals surface area contributed by atoms with Crippen molar-refractivity contribution in [1.82, 2.24) is 15.0 Å². The highest BCUT2D eigenvalue weighted by molar-refractivity contribution is 9.10. The molecule has 0 aliphatic carbocycles. The van der Waals surface area contributed by atoms with Crippen molar-refractivity contribution in [3.05, 3.63) is 93.2 Å². The lowest BCUT2D eigenvalue weighted by atomic mass is 10.0. The maximum absolute atomic E-state index is 4.71. The van der Waals surface area contributed by atoms with Crippen LogP contribution in [0.4, 0.5) is 5.13 Å². The van der Waals surface area contributed by atoms with Gasteiger partial charge in [0.05, 0.1) is 0 Å². The fourth-order valence-corrected chi connectivity index (χ4v) is 5.01. The zero-order chi connectivity index (χ0) is 19.6. The summed E-state index contributed by atoms with van der Waals surface area (Å²) in [5, 5.41) is 1.11. The topological polar surface area (TPSA) is 41.9 Å². The highest BCUT2D eigenvalue weighted by atomic mass is 79.9. The third-order valence-electron chi connectivity index (χ3n) is 5.15. The van der Waals surface area contributed by atoms with Crippen LogP contribution in [0.5, 0.6) is 0 Å². The Morgan fingerprint density at radius 3 is 2.62 bits per heavy atom. The van der Waals surface area contributed by atoms with E-state index in [1.54, 1.807) is 23.7 Å². The van der Waals surface area contributed by atoms with E-state index in [9.17, 15) is 0 Å². The number of benzene rings is 2. The molecule has 0 fully saturated rings. The lowest BCUT2D eigenvalue weighted by molar-refractivity contribution is 0.728. The SMILES string of the molecule is Brc1ccc2c(c1)CN(c1ncc(Cc3ccc(-c4ncccn4)cc3)s1)CC2. The number of hydrogen-bond acceptors (Lipinski definition) is 5. The highest BCUT2D eigenvalue weighted by Crippen LogP contribution is 2.30. The van der Waals surface area contributed by atoms with Crippen LogP contribution in [0, 0.1) is 0 Å². The number of aromatic nitrogens is 3. The molecule has 0 saturated heterocycles. The van der Waals surface area contributed by atoms with E-state index in [1.807, 2.05) is 12.3 Å². The summed E-state index contributed by atoms with van der Waals surface area (Å²) in [4.78, 5) is 17.0. The molecule has 6 heteroatoms. The van der Waals surface area contributed by atoms with Gasteiger partial charge < -0.3 is 4.90 Å². The molecule has 0 amide bonds. The van der Waals surface area contributed by atoms with Crippen molar-refractivity contribution in [2.24, 2.45) is 0 Å². The smallest absolute Gasteiger partial charge is 0.185 e. The first-order valence-electron chi connectivity index (χ1n) is 9.58. The average molecular weight is 463 g/mol. The van der Waals surface area contributed by atoms with Crippen molar-refractivity contribution in [2.45, 2.75) is 19.4 Å². The van der Waals surface area contributed by atoms with E-state index in [0.29, 0.717) is 0 Å². The van der Waals surface area contributed by atoms with Crippen LogP contribution in [-0.2, 0) is 19.4 Å². The molecule has 29 heavy (non-hydrogen) atoms. The highest BCUT2D eigenvalue weighted by Gasteiger charge is 2.19. The molecule has 1 aliphatic rings. The summed E-state index contributed by atoms with van der Waals surface area (Å²) in [5.74, 6) is 0.760. The Labute approximate surface area is 182 Å². The summed E-state index contributed by atoms with van der Waals surface area (Å²) in [6.07, 6.45) is 7.52. The van der Waals surface area contributed by atoms with Gasteiger partial charge >= 0.3 is 0 Å². The van der Waals surface area contributed by atoms with Gasteiger partial charge in [0.1, 0.15) is 0 Å². The molecule has 4 aromatic rings. The predicted molar refractivity (Wildman–Crippen MR) is 121 cm³/mol. The van der Waals surface area contributed by atoms with Crippen LogP contribution in [0.3, 0.4) is 0 Å². The van der Waals surface area contributed by atoms with Crippen LogP contribution in [0.15, 0.2) is 71.6 Å². The molecular weight excluding hydrogens is 444 g/mol. The minimum Gasteiger partial charge on any atom is -0.343 e. The van der Waals surface area contributed by atoms with Gasteiger partial charge in [-0.15, -0.1) is 11.3 Å².